The van der Waals surface area contributed by atoms with Crippen molar-refractivity contribution in [2.75, 3.05) is 5.32 Å². The van der Waals surface area contributed by atoms with Gasteiger partial charge < -0.3 is 10.4 Å². The monoisotopic (exact) mass is 296 g/mol. The van der Waals surface area contributed by atoms with Crippen LogP contribution in [-0.4, -0.2) is 16.1 Å². The van der Waals surface area contributed by atoms with Crippen LogP contribution in [0, 0.1) is 0 Å². The number of rotatable bonds is 5. The average Bonchev–Trinajstić information content (AvgIpc) is 2.99. The number of anilines is 1. The van der Waals surface area contributed by atoms with Crippen molar-refractivity contribution in [2.45, 2.75) is 32.2 Å². The second-order valence-electron chi connectivity index (χ2n) is 4.89. The largest absolute Gasteiger partial charge is 0.481 e. The Morgan fingerprint density at radius 1 is 1.47 bits per heavy atom. The highest BCUT2D eigenvalue weighted by Crippen LogP contribution is 2.29. The van der Waals surface area contributed by atoms with Crippen LogP contribution in [0.1, 0.15) is 38.1 Å². The fraction of sp³-hybridized carbons (Fsp3) is 0.385. The van der Waals surface area contributed by atoms with Crippen LogP contribution < -0.4 is 5.32 Å². The molecule has 0 saturated carbocycles. The number of aromatic nitrogens is 1. The van der Waals surface area contributed by atoms with Crippen LogP contribution >= 0.6 is 22.7 Å². The number of thiophene rings is 1. The number of carboxylic acid groups (broad SMARTS) is 1. The molecule has 19 heavy (non-hydrogen) atoms. The van der Waals surface area contributed by atoms with Gasteiger partial charge in [0.25, 0.3) is 0 Å². The molecule has 4 nitrogen and oxygen atoms in total. The van der Waals surface area contributed by atoms with Gasteiger partial charge in [-0.25, -0.2) is 4.98 Å². The second-order valence-corrected chi connectivity index (χ2v) is 6.53. The second kappa shape index (κ2) is 5.30. The molecule has 102 valence electrons. The minimum absolute atomic E-state index is 0.165. The van der Waals surface area contributed by atoms with Gasteiger partial charge in [-0.05, 0) is 43.2 Å². The molecule has 1 unspecified atom stereocenters. The van der Waals surface area contributed by atoms with E-state index >= 15 is 0 Å². The highest BCUT2D eigenvalue weighted by Gasteiger charge is 2.32. The first-order valence-corrected chi connectivity index (χ1v) is 7.71. The minimum atomic E-state index is -0.956. The van der Waals surface area contributed by atoms with Crippen LogP contribution in [0.4, 0.5) is 5.13 Å². The van der Waals surface area contributed by atoms with E-state index in [0.29, 0.717) is 5.69 Å². The maximum atomic E-state index is 11.2. The first-order chi connectivity index (χ1) is 8.91. The molecule has 1 atom stereocenters. The van der Waals surface area contributed by atoms with Gasteiger partial charge in [0, 0.05) is 5.38 Å². The molecule has 2 heterocycles. The number of hydrogen-bond donors (Lipinski definition) is 2. The SMILES string of the molecule is CC(Nc1nc(C(C)(C)C(=O)O)cs1)c1ccsc1. The van der Waals surface area contributed by atoms with Crippen molar-refractivity contribution >= 4 is 33.8 Å². The summed E-state index contributed by atoms with van der Waals surface area (Å²) in [7, 11) is 0. The molecule has 0 radical (unpaired) electrons. The predicted octanol–water partition coefficient (Wildman–Crippen LogP) is 3.74. The molecule has 2 rings (SSSR count). The number of thiazole rings is 1. The average molecular weight is 296 g/mol. The maximum absolute atomic E-state index is 11.2. The Balaban J connectivity index is 2.12. The van der Waals surface area contributed by atoms with E-state index in [4.69, 9.17) is 0 Å². The standard InChI is InChI=1S/C13H16N2O2S2/c1-8(9-4-5-18-6-9)14-12-15-10(7-19-12)13(2,3)11(16)17/h4-8H,1-3H3,(H,14,15)(H,16,17). The molecule has 2 N–H and O–H groups in total. The van der Waals surface area contributed by atoms with Crippen LogP contribution in [0.15, 0.2) is 22.2 Å². The number of aliphatic carboxylic acids is 1. The molecule has 0 spiro atoms. The zero-order chi connectivity index (χ0) is 14.0. The molecule has 0 aliphatic rings. The zero-order valence-corrected chi connectivity index (χ0v) is 12.6. The summed E-state index contributed by atoms with van der Waals surface area (Å²) in [5.41, 5.74) is 0.839. The summed E-state index contributed by atoms with van der Waals surface area (Å²) in [6.45, 7) is 5.39. The Hall–Kier alpha value is -1.40. The number of hydrogen-bond acceptors (Lipinski definition) is 5. The van der Waals surface area contributed by atoms with E-state index in [1.165, 1.54) is 16.9 Å². The molecule has 0 saturated heterocycles. The van der Waals surface area contributed by atoms with E-state index in [9.17, 15) is 9.90 Å². The number of nitrogens with zero attached hydrogens (tertiary/aromatic N) is 1. The Morgan fingerprint density at radius 3 is 2.79 bits per heavy atom. The molecule has 0 aliphatic carbocycles. The minimum Gasteiger partial charge on any atom is -0.481 e. The smallest absolute Gasteiger partial charge is 0.315 e. The van der Waals surface area contributed by atoms with Gasteiger partial charge in [0.05, 0.1) is 11.7 Å². The lowest BCUT2D eigenvalue weighted by Gasteiger charge is -2.16. The number of carboxylic acids is 1. The third kappa shape index (κ3) is 2.96. The van der Waals surface area contributed by atoms with Crippen molar-refractivity contribution in [3.63, 3.8) is 0 Å². The van der Waals surface area contributed by atoms with E-state index in [1.54, 1.807) is 30.6 Å². The molecule has 6 heteroatoms. The van der Waals surface area contributed by atoms with Crippen LogP contribution in [0.2, 0.25) is 0 Å². The third-order valence-electron chi connectivity index (χ3n) is 3.06. The lowest BCUT2D eigenvalue weighted by molar-refractivity contribution is -0.142. The summed E-state index contributed by atoms with van der Waals surface area (Å²) >= 11 is 3.09. The normalized spacial score (nSPS) is 13.2. The van der Waals surface area contributed by atoms with Gasteiger partial charge in [-0.1, -0.05) is 0 Å². The molecule has 0 aromatic carbocycles. The number of carbonyl (C=O) groups is 1. The van der Waals surface area contributed by atoms with Crippen molar-refractivity contribution < 1.29 is 9.90 Å². The summed E-state index contributed by atoms with van der Waals surface area (Å²) in [5.74, 6) is -0.866. The summed E-state index contributed by atoms with van der Waals surface area (Å²) < 4.78 is 0. The van der Waals surface area contributed by atoms with Gasteiger partial charge >= 0.3 is 5.97 Å². The van der Waals surface area contributed by atoms with Gasteiger partial charge in [0.15, 0.2) is 5.13 Å². The van der Waals surface area contributed by atoms with Gasteiger partial charge in [0.2, 0.25) is 0 Å². The highest BCUT2D eigenvalue weighted by atomic mass is 32.1. The molecule has 0 fully saturated rings. The van der Waals surface area contributed by atoms with E-state index in [2.05, 4.69) is 28.7 Å². The van der Waals surface area contributed by atoms with Crippen molar-refractivity contribution in [1.29, 1.82) is 0 Å². The lowest BCUT2D eigenvalue weighted by atomic mass is 9.90. The van der Waals surface area contributed by atoms with Gasteiger partial charge in [-0.2, -0.15) is 11.3 Å². The van der Waals surface area contributed by atoms with Crippen LogP contribution in [0.25, 0.3) is 0 Å². The number of nitrogens with one attached hydrogen (secondary N) is 1. The van der Waals surface area contributed by atoms with Gasteiger partial charge in [0.1, 0.15) is 5.41 Å². The van der Waals surface area contributed by atoms with Crippen LogP contribution in [-0.2, 0) is 10.2 Å². The Labute approximate surface area is 120 Å². The van der Waals surface area contributed by atoms with E-state index < -0.39 is 11.4 Å². The third-order valence-corrected chi connectivity index (χ3v) is 4.54. The Bertz CT molecular complexity index is 561. The van der Waals surface area contributed by atoms with E-state index in [1.807, 2.05) is 5.38 Å². The van der Waals surface area contributed by atoms with Crippen molar-refractivity contribution in [1.82, 2.24) is 4.98 Å². The fourth-order valence-corrected chi connectivity index (χ4v) is 3.25. The summed E-state index contributed by atoms with van der Waals surface area (Å²) in [5, 5.41) is 19.2. The van der Waals surface area contributed by atoms with Gasteiger partial charge in [-0.15, -0.1) is 11.3 Å². The van der Waals surface area contributed by atoms with Crippen molar-refractivity contribution in [3.8, 4) is 0 Å². The van der Waals surface area contributed by atoms with Gasteiger partial charge in [-0.3, -0.25) is 4.79 Å². The van der Waals surface area contributed by atoms with E-state index in [0.717, 1.165) is 5.13 Å². The first-order valence-electron chi connectivity index (χ1n) is 5.89. The molecule has 2 aromatic heterocycles. The topological polar surface area (TPSA) is 62.2 Å². The quantitative estimate of drug-likeness (QED) is 0.882. The predicted molar refractivity (Wildman–Crippen MR) is 79.1 cm³/mol. The summed E-state index contributed by atoms with van der Waals surface area (Å²) in [4.78, 5) is 15.6. The molecule has 0 bridgehead atoms. The van der Waals surface area contributed by atoms with Crippen LogP contribution in [0.3, 0.4) is 0 Å². The summed E-state index contributed by atoms with van der Waals surface area (Å²) in [6, 6.07) is 2.23. The zero-order valence-electron chi connectivity index (χ0n) is 11.0. The van der Waals surface area contributed by atoms with E-state index in [-0.39, 0.29) is 6.04 Å². The highest BCUT2D eigenvalue weighted by molar-refractivity contribution is 7.13. The molecular weight excluding hydrogens is 280 g/mol. The molecular formula is C13H16N2O2S2. The maximum Gasteiger partial charge on any atom is 0.315 e. The van der Waals surface area contributed by atoms with Crippen LogP contribution in [0.5, 0.6) is 0 Å². The Morgan fingerprint density at radius 2 is 2.21 bits per heavy atom. The summed E-state index contributed by atoms with van der Waals surface area (Å²) in [6.07, 6.45) is 0. The van der Waals surface area contributed by atoms with Crippen molar-refractivity contribution in [2.24, 2.45) is 0 Å². The fourth-order valence-electron chi connectivity index (χ4n) is 1.53. The Kier molecular flexibility index (Phi) is 3.91. The molecule has 0 aliphatic heterocycles. The molecule has 0 amide bonds. The molecule has 2 aromatic rings. The lowest BCUT2D eigenvalue weighted by Crippen LogP contribution is -2.28. The first kappa shape index (κ1) is 14.0. The van der Waals surface area contributed by atoms with Crippen molar-refractivity contribution in [3.05, 3.63) is 33.5 Å².